The predicted octanol–water partition coefficient (Wildman–Crippen LogP) is 4.51. The van der Waals surface area contributed by atoms with Crippen LogP contribution in [0.5, 0.6) is 5.75 Å². The van der Waals surface area contributed by atoms with Crippen LogP contribution in [0.3, 0.4) is 0 Å². The molecule has 5 rings (SSSR count). The lowest BCUT2D eigenvalue weighted by molar-refractivity contribution is 0.333. The van der Waals surface area contributed by atoms with Crippen molar-refractivity contribution in [3.8, 4) is 11.4 Å². The van der Waals surface area contributed by atoms with Gasteiger partial charge in [0, 0.05) is 23.5 Å². The van der Waals surface area contributed by atoms with Gasteiger partial charge in [0.25, 0.3) is 0 Å². The number of para-hydroxylation sites is 1. The number of nitrogens with zero attached hydrogens (tertiary/aromatic N) is 5. The van der Waals surface area contributed by atoms with Crippen molar-refractivity contribution in [2.24, 2.45) is 0 Å². The first-order valence-electron chi connectivity index (χ1n) is 9.73. The summed E-state index contributed by atoms with van der Waals surface area (Å²) in [4.78, 5) is 18.0. The van der Waals surface area contributed by atoms with Crippen LogP contribution in [0.25, 0.3) is 16.9 Å². The molecule has 0 saturated carbocycles. The van der Waals surface area contributed by atoms with Gasteiger partial charge in [0.1, 0.15) is 18.7 Å². The molecule has 0 fully saturated rings. The SMILES string of the molecule is c1ccc(OCCNc2nc(Nc3ccncc3)nc3c2ncn3-c2ccsc2)cc1. The maximum atomic E-state index is 5.78. The molecule has 5 aromatic rings. The summed E-state index contributed by atoms with van der Waals surface area (Å²) < 4.78 is 7.73. The van der Waals surface area contributed by atoms with Crippen LogP contribution >= 0.6 is 11.3 Å². The summed E-state index contributed by atoms with van der Waals surface area (Å²) in [6.45, 7) is 1.06. The highest BCUT2D eigenvalue weighted by molar-refractivity contribution is 7.08. The van der Waals surface area contributed by atoms with E-state index in [9.17, 15) is 0 Å². The van der Waals surface area contributed by atoms with Crippen LogP contribution in [0, 0.1) is 0 Å². The second-order valence-electron chi connectivity index (χ2n) is 6.61. The highest BCUT2D eigenvalue weighted by Gasteiger charge is 2.15. The van der Waals surface area contributed by atoms with Crippen molar-refractivity contribution in [2.45, 2.75) is 0 Å². The lowest BCUT2D eigenvalue weighted by Crippen LogP contribution is -2.13. The lowest BCUT2D eigenvalue weighted by atomic mass is 10.3. The van der Waals surface area contributed by atoms with Gasteiger partial charge in [-0.15, -0.1) is 0 Å². The summed E-state index contributed by atoms with van der Waals surface area (Å²) in [5.41, 5.74) is 3.29. The number of imidazole rings is 1. The second kappa shape index (κ2) is 8.80. The Bertz CT molecular complexity index is 1260. The molecule has 0 bridgehead atoms. The fourth-order valence-corrected chi connectivity index (χ4v) is 3.71. The van der Waals surface area contributed by atoms with Gasteiger partial charge in [-0.25, -0.2) is 4.98 Å². The van der Waals surface area contributed by atoms with E-state index in [4.69, 9.17) is 9.72 Å². The molecule has 0 radical (unpaired) electrons. The number of thiophene rings is 1. The molecular formula is C22H19N7OS. The third kappa shape index (κ3) is 4.31. The van der Waals surface area contributed by atoms with Crippen LogP contribution in [0.15, 0.2) is 78.0 Å². The lowest BCUT2D eigenvalue weighted by Gasteiger charge is -2.11. The van der Waals surface area contributed by atoms with Gasteiger partial charge >= 0.3 is 0 Å². The van der Waals surface area contributed by atoms with Crippen molar-refractivity contribution in [3.63, 3.8) is 0 Å². The fourth-order valence-electron chi connectivity index (χ4n) is 3.08. The van der Waals surface area contributed by atoms with Gasteiger partial charge in [0.15, 0.2) is 17.0 Å². The molecule has 9 heteroatoms. The van der Waals surface area contributed by atoms with Crippen molar-refractivity contribution in [2.75, 3.05) is 23.8 Å². The molecule has 8 nitrogen and oxygen atoms in total. The fraction of sp³-hybridized carbons (Fsp3) is 0.0909. The number of hydrogen-bond acceptors (Lipinski definition) is 8. The Kier molecular flexibility index (Phi) is 5.40. The summed E-state index contributed by atoms with van der Waals surface area (Å²) in [6, 6.07) is 15.5. The minimum atomic E-state index is 0.474. The minimum absolute atomic E-state index is 0.474. The summed E-state index contributed by atoms with van der Waals surface area (Å²) >= 11 is 1.63. The average Bonchev–Trinajstić information content (AvgIpc) is 3.48. The first-order valence-corrected chi connectivity index (χ1v) is 10.7. The zero-order chi connectivity index (χ0) is 20.9. The Morgan fingerprint density at radius 1 is 1.00 bits per heavy atom. The van der Waals surface area contributed by atoms with Crippen molar-refractivity contribution >= 4 is 40.0 Å². The first-order chi connectivity index (χ1) is 15.4. The molecule has 0 aliphatic rings. The van der Waals surface area contributed by atoms with Gasteiger partial charge < -0.3 is 15.4 Å². The van der Waals surface area contributed by atoms with Crippen LogP contribution in [0.1, 0.15) is 0 Å². The molecule has 0 aliphatic heterocycles. The molecule has 4 heterocycles. The smallest absolute Gasteiger partial charge is 0.231 e. The Morgan fingerprint density at radius 2 is 1.87 bits per heavy atom. The van der Waals surface area contributed by atoms with Crippen LogP contribution in [0.4, 0.5) is 17.5 Å². The van der Waals surface area contributed by atoms with Gasteiger partial charge in [0.05, 0.1) is 12.2 Å². The van der Waals surface area contributed by atoms with Crippen molar-refractivity contribution in [1.82, 2.24) is 24.5 Å². The van der Waals surface area contributed by atoms with E-state index < -0.39 is 0 Å². The Hall–Kier alpha value is -3.98. The van der Waals surface area contributed by atoms with Crippen LogP contribution in [0.2, 0.25) is 0 Å². The van der Waals surface area contributed by atoms with Gasteiger partial charge in [-0.3, -0.25) is 9.55 Å². The van der Waals surface area contributed by atoms with E-state index in [1.807, 2.05) is 58.5 Å². The van der Waals surface area contributed by atoms with E-state index in [2.05, 4.69) is 31.0 Å². The number of benzene rings is 1. The van der Waals surface area contributed by atoms with Crippen molar-refractivity contribution < 1.29 is 4.74 Å². The minimum Gasteiger partial charge on any atom is -0.492 e. The number of fused-ring (bicyclic) bond motifs is 1. The zero-order valence-electron chi connectivity index (χ0n) is 16.5. The number of hydrogen-bond donors (Lipinski definition) is 2. The molecule has 0 aliphatic carbocycles. The zero-order valence-corrected chi connectivity index (χ0v) is 17.3. The quantitative estimate of drug-likeness (QED) is 0.351. The number of pyridine rings is 1. The normalized spacial score (nSPS) is 10.8. The molecule has 4 aromatic heterocycles. The molecule has 31 heavy (non-hydrogen) atoms. The maximum absolute atomic E-state index is 5.78. The second-order valence-corrected chi connectivity index (χ2v) is 7.39. The van der Waals surface area contributed by atoms with E-state index in [0.29, 0.717) is 30.4 Å². The van der Waals surface area contributed by atoms with E-state index in [1.54, 1.807) is 30.1 Å². The molecular weight excluding hydrogens is 410 g/mol. The molecule has 0 spiro atoms. The third-order valence-corrected chi connectivity index (χ3v) is 5.19. The van der Waals surface area contributed by atoms with Crippen LogP contribution in [-0.2, 0) is 0 Å². The summed E-state index contributed by atoms with van der Waals surface area (Å²) in [5.74, 6) is 1.95. The maximum Gasteiger partial charge on any atom is 0.231 e. The van der Waals surface area contributed by atoms with Crippen molar-refractivity contribution in [3.05, 3.63) is 78.0 Å². The molecule has 0 unspecified atom stereocenters. The predicted molar refractivity (Wildman–Crippen MR) is 122 cm³/mol. The van der Waals surface area contributed by atoms with Gasteiger partial charge in [0.2, 0.25) is 5.95 Å². The van der Waals surface area contributed by atoms with E-state index in [0.717, 1.165) is 22.8 Å². The van der Waals surface area contributed by atoms with E-state index in [-0.39, 0.29) is 0 Å². The summed E-state index contributed by atoms with van der Waals surface area (Å²) in [6.07, 6.45) is 5.20. The highest BCUT2D eigenvalue weighted by atomic mass is 32.1. The number of anilines is 3. The monoisotopic (exact) mass is 429 g/mol. The molecule has 154 valence electrons. The van der Waals surface area contributed by atoms with Crippen molar-refractivity contribution in [1.29, 1.82) is 0 Å². The Balaban J connectivity index is 1.42. The standard InChI is InChI=1S/C22H19N7OS/c1-2-4-18(5-3-1)30-12-11-24-20-19-21(29(15-25-19)17-8-13-31-14-17)28-22(27-20)26-16-6-9-23-10-7-16/h1-10,13-15H,11-12H2,(H2,23,24,26,27,28). The third-order valence-electron chi connectivity index (χ3n) is 4.52. The summed E-state index contributed by atoms with van der Waals surface area (Å²) in [5, 5.41) is 10.7. The highest BCUT2D eigenvalue weighted by Crippen LogP contribution is 2.25. The molecule has 0 amide bonds. The van der Waals surface area contributed by atoms with Crippen LogP contribution in [-0.4, -0.2) is 37.7 Å². The van der Waals surface area contributed by atoms with Gasteiger partial charge in [-0.1, -0.05) is 18.2 Å². The first kappa shape index (κ1) is 19.0. The van der Waals surface area contributed by atoms with E-state index >= 15 is 0 Å². The van der Waals surface area contributed by atoms with E-state index in [1.165, 1.54) is 0 Å². The number of nitrogens with one attached hydrogen (secondary N) is 2. The Morgan fingerprint density at radius 3 is 2.68 bits per heavy atom. The Labute approximate surface area is 182 Å². The number of ether oxygens (including phenoxy) is 1. The number of aromatic nitrogens is 5. The average molecular weight is 430 g/mol. The summed E-state index contributed by atoms with van der Waals surface area (Å²) in [7, 11) is 0. The molecule has 2 N–H and O–H groups in total. The van der Waals surface area contributed by atoms with Gasteiger partial charge in [-0.2, -0.15) is 21.3 Å². The van der Waals surface area contributed by atoms with Crippen LogP contribution < -0.4 is 15.4 Å². The van der Waals surface area contributed by atoms with Gasteiger partial charge in [-0.05, 0) is 35.7 Å². The largest absolute Gasteiger partial charge is 0.492 e. The topological polar surface area (TPSA) is 89.8 Å². The molecule has 1 aromatic carbocycles. The number of rotatable bonds is 8. The molecule has 0 saturated heterocycles. The molecule has 0 atom stereocenters.